The van der Waals surface area contributed by atoms with Gasteiger partial charge in [0, 0.05) is 28.2 Å². The van der Waals surface area contributed by atoms with Gasteiger partial charge in [0.05, 0.1) is 11.6 Å². The number of fused-ring (bicyclic) bond motifs is 2. The lowest BCUT2D eigenvalue weighted by Crippen LogP contribution is -2.38. The number of nitrogens with one attached hydrogen (secondary N) is 1. The van der Waals surface area contributed by atoms with Crippen LogP contribution < -0.4 is 5.32 Å². The average molecular weight is 346 g/mol. The van der Waals surface area contributed by atoms with Gasteiger partial charge in [-0.05, 0) is 25.0 Å². The van der Waals surface area contributed by atoms with Crippen molar-refractivity contribution in [3.63, 3.8) is 0 Å². The molecule has 1 N–H and O–H groups in total. The average Bonchev–Trinajstić information content (AvgIpc) is 2.86. The van der Waals surface area contributed by atoms with Gasteiger partial charge in [-0.1, -0.05) is 34.5 Å². The topological polar surface area (TPSA) is 45.2 Å². The van der Waals surface area contributed by atoms with E-state index >= 15 is 0 Å². The number of pyridine rings is 1. The molecule has 2 saturated heterocycles. The van der Waals surface area contributed by atoms with Gasteiger partial charge in [-0.2, -0.15) is 0 Å². The van der Waals surface area contributed by atoms with E-state index in [0.29, 0.717) is 0 Å². The number of hydrogen-bond donors (Lipinski definition) is 1. The maximum absolute atomic E-state index is 12.2. The molecule has 3 heterocycles. The highest BCUT2D eigenvalue weighted by molar-refractivity contribution is 9.10. The zero-order valence-corrected chi connectivity index (χ0v) is 13.1. The van der Waals surface area contributed by atoms with E-state index in [0.717, 1.165) is 46.7 Å². The number of rotatable bonds is 1. The minimum absolute atomic E-state index is 0.0335. The number of hydrogen-bond acceptors (Lipinski definition) is 3. The number of nitrogens with zero attached hydrogens (tertiary/aromatic N) is 2. The highest BCUT2D eigenvalue weighted by atomic mass is 79.9. The first-order valence-corrected chi connectivity index (χ1v) is 8.14. The van der Waals surface area contributed by atoms with E-state index in [1.54, 1.807) is 0 Å². The van der Waals surface area contributed by atoms with Gasteiger partial charge in [0.25, 0.3) is 0 Å². The van der Waals surface area contributed by atoms with Crippen LogP contribution in [-0.4, -0.2) is 28.4 Å². The van der Waals surface area contributed by atoms with Crippen LogP contribution in [0, 0.1) is 0 Å². The number of piperidine rings is 1. The molecule has 1 aromatic heterocycles. The van der Waals surface area contributed by atoms with Crippen molar-refractivity contribution in [2.75, 3.05) is 6.54 Å². The molecule has 4 rings (SSSR count). The van der Waals surface area contributed by atoms with E-state index < -0.39 is 0 Å². The molecule has 2 aromatic rings. The molecule has 0 unspecified atom stereocenters. The lowest BCUT2D eigenvalue weighted by Gasteiger charge is -2.31. The van der Waals surface area contributed by atoms with Gasteiger partial charge in [0.15, 0.2) is 0 Å². The molecule has 2 aliphatic rings. The van der Waals surface area contributed by atoms with E-state index in [9.17, 15) is 4.79 Å². The lowest BCUT2D eigenvalue weighted by molar-refractivity contribution is -0.122. The standard InChI is InChI=1S/C16H16BrN3O/c17-12-7-6-11(14-10(12)4-3-8-18-14)15-19-16(21)13-5-1-2-9-20(13)15/h3-4,6-8,13,15H,1-2,5,9H2,(H,19,21)/t13-,15-/m0/s1. The predicted molar refractivity (Wildman–Crippen MR) is 84.7 cm³/mol. The Morgan fingerprint density at radius 3 is 3.10 bits per heavy atom. The molecule has 0 spiro atoms. The summed E-state index contributed by atoms with van der Waals surface area (Å²) in [5.41, 5.74) is 2.05. The fourth-order valence-electron chi connectivity index (χ4n) is 3.50. The van der Waals surface area contributed by atoms with E-state index in [1.165, 1.54) is 0 Å². The zero-order chi connectivity index (χ0) is 14.4. The van der Waals surface area contributed by atoms with Gasteiger partial charge >= 0.3 is 0 Å². The van der Waals surface area contributed by atoms with E-state index in [4.69, 9.17) is 0 Å². The second kappa shape index (κ2) is 5.07. The molecule has 1 aromatic carbocycles. The highest BCUT2D eigenvalue weighted by Crippen LogP contribution is 2.36. The van der Waals surface area contributed by atoms with Crippen molar-refractivity contribution in [3.05, 3.63) is 40.5 Å². The summed E-state index contributed by atoms with van der Waals surface area (Å²) < 4.78 is 1.04. The minimum atomic E-state index is -0.0479. The van der Waals surface area contributed by atoms with Crippen LogP contribution in [-0.2, 0) is 4.79 Å². The third-order valence-electron chi connectivity index (χ3n) is 4.50. The fourth-order valence-corrected chi connectivity index (χ4v) is 3.95. The Balaban J connectivity index is 1.83. The van der Waals surface area contributed by atoms with Crippen LogP contribution in [0.2, 0.25) is 0 Å². The molecule has 4 nitrogen and oxygen atoms in total. The van der Waals surface area contributed by atoms with E-state index in [-0.39, 0.29) is 18.1 Å². The molecule has 0 aliphatic carbocycles. The maximum atomic E-state index is 12.2. The summed E-state index contributed by atoms with van der Waals surface area (Å²) in [6.07, 6.45) is 5.02. The van der Waals surface area contributed by atoms with Crippen molar-refractivity contribution in [1.29, 1.82) is 0 Å². The first kappa shape index (κ1) is 13.2. The summed E-state index contributed by atoms with van der Waals surface area (Å²) in [4.78, 5) is 19.0. The molecular formula is C16H16BrN3O. The molecule has 0 saturated carbocycles. The van der Waals surface area contributed by atoms with Crippen molar-refractivity contribution in [1.82, 2.24) is 15.2 Å². The first-order chi connectivity index (χ1) is 10.3. The number of carbonyl (C=O) groups excluding carboxylic acids is 1. The van der Waals surface area contributed by atoms with Gasteiger partial charge in [-0.3, -0.25) is 14.7 Å². The summed E-state index contributed by atoms with van der Waals surface area (Å²) >= 11 is 3.58. The van der Waals surface area contributed by atoms with Crippen molar-refractivity contribution >= 4 is 32.7 Å². The molecule has 5 heteroatoms. The van der Waals surface area contributed by atoms with Crippen molar-refractivity contribution in [3.8, 4) is 0 Å². The first-order valence-electron chi connectivity index (χ1n) is 7.35. The molecular weight excluding hydrogens is 330 g/mol. The summed E-state index contributed by atoms with van der Waals surface area (Å²) in [6, 6.07) is 8.14. The van der Waals surface area contributed by atoms with Gasteiger partial charge in [-0.25, -0.2) is 0 Å². The van der Waals surface area contributed by atoms with Gasteiger partial charge in [0.1, 0.15) is 6.17 Å². The van der Waals surface area contributed by atoms with E-state index in [1.807, 2.05) is 18.3 Å². The maximum Gasteiger partial charge on any atom is 0.238 e. The van der Waals surface area contributed by atoms with Crippen molar-refractivity contribution in [2.24, 2.45) is 0 Å². The molecule has 1 amide bonds. The lowest BCUT2D eigenvalue weighted by atomic mass is 10.0. The van der Waals surface area contributed by atoms with E-state index in [2.05, 4.69) is 43.3 Å². The van der Waals surface area contributed by atoms with Crippen molar-refractivity contribution < 1.29 is 4.79 Å². The molecule has 2 aliphatic heterocycles. The van der Waals surface area contributed by atoms with Crippen LogP contribution in [0.5, 0.6) is 0 Å². The normalized spacial score (nSPS) is 25.9. The van der Waals surface area contributed by atoms with Crippen LogP contribution in [0.15, 0.2) is 34.9 Å². The Labute approximate surface area is 131 Å². The molecule has 21 heavy (non-hydrogen) atoms. The zero-order valence-electron chi connectivity index (χ0n) is 11.6. The summed E-state index contributed by atoms with van der Waals surface area (Å²) in [5.74, 6) is 0.159. The molecule has 0 bridgehead atoms. The Bertz CT molecular complexity index is 718. The molecule has 2 fully saturated rings. The largest absolute Gasteiger partial charge is 0.335 e. The summed E-state index contributed by atoms with van der Waals surface area (Å²) in [7, 11) is 0. The Morgan fingerprint density at radius 2 is 2.19 bits per heavy atom. The monoisotopic (exact) mass is 345 g/mol. The van der Waals surface area contributed by atoms with Crippen molar-refractivity contribution in [2.45, 2.75) is 31.5 Å². The Morgan fingerprint density at radius 1 is 1.29 bits per heavy atom. The number of amides is 1. The van der Waals surface area contributed by atoms with Gasteiger partial charge in [0.2, 0.25) is 5.91 Å². The van der Waals surface area contributed by atoms with Crippen LogP contribution >= 0.6 is 15.9 Å². The minimum Gasteiger partial charge on any atom is -0.335 e. The molecule has 108 valence electrons. The third-order valence-corrected chi connectivity index (χ3v) is 5.19. The van der Waals surface area contributed by atoms with Crippen LogP contribution in [0.3, 0.4) is 0 Å². The number of halogens is 1. The fraction of sp³-hybridized carbons (Fsp3) is 0.375. The SMILES string of the molecule is O=C1N[C@H](c2ccc(Br)c3cccnc23)N2CCCC[C@@H]12. The third kappa shape index (κ3) is 2.07. The number of carbonyl (C=O) groups is 1. The van der Waals surface area contributed by atoms with Crippen LogP contribution in [0.1, 0.15) is 31.0 Å². The van der Waals surface area contributed by atoms with Crippen LogP contribution in [0.4, 0.5) is 0 Å². The highest BCUT2D eigenvalue weighted by Gasteiger charge is 2.42. The number of aromatic nitrogens is 1. The second-order valence-electron chi connectivity index (χ2n) is 5.70. The smallest absolute Gasteiger partial charge is 0.238 e. The molecule has 2 atom stereocenters. The predicted octanol–water partition coefficient (Wildman–Crippen LogP) is 2.98. The number of benzene rings is 1. The quantitative estimate of drug-likeness (QED) is 0.864. The second-order valence-corrected chi connectivity index (χ2v) is 6.55. The molecule has 0 radical (unpaired) electrons. The Kier molecular flexibility index (Phi) is 3.19. The summed E-state index contributed by atoms with van der Waals surface area (Å²) in [5, 5.41) is 4.24. The van der Waals surface area contributed by atoms with Crippen LogP contribution in [0.25, 0.3) is 10.9 Å². The van der Waals surface area contributed by atoms with Gasteiger partial charge in [-0.15, -0.1) is 0 Å². The summed E-state index contributed by atoms with van der Waals surface area (Å²) in [6.45, 7) is 0.971. The Hall–Kier alpha value is -1.46. The van der Waals surface area contributed by atoms with Gasteiger partial charge < -0.3 is 5.32 Å².